The zero-order valence-corrected chi connectivity index (χ0v) is 8.90. The van der Waals surface area contributed by atoms with Gasteiger partial charge >= 0.3 is 5.97 Å². The maximum atomic E-state index is 11.1. The average Bonchev–Trinajstić information content (AvgIpc) is 2.17. The second-order valence-electron chi connectivity index (χ2n) is 3.63. The van der Waals surface area contributed by atoms with Crippen LogP contribution in [0.3, 0.4) is 0 Å². The van der Waals surface area contributed by atoms with Gasteiger partial charge in [0.25, 0.3) is 0 Å². The Balaban J connectivity index is 2.61. The number of nitrogens with one attached hydrogen (secondary N) is 1. The first-order valence-electron chi connectivity index (χ1n) is 4.81. The van der Waals surface area contributed by atoms with E-state index in [4.69, 9.17) is 9.84 Å². The van der Waals surface area contributed by atoms with Crippen LogP contribution in [0.4, 0.5) is 0 Å². The van der Waals surface area contributed by atoms with Crippen molar-refractivity contribution in [3.63, 3.8) is 0 Å². The van der Waals surface area contributed by atoms with Gasteiger partial charge in [-0.15, -0.1) is 0 Å². The van der Waals surface area contributed by atoms with Crippen LogP contribution in [0, 0.1) is 0 Å². The fourth-order valence-electron chi connectivity index (χ4n) is 1.53. The van der Waals surface area contributed by atoms with E-state index in [2.05, 4.69) is 5.32 Å². The Morgan fingerprint density at radius 2 is 2.47 bits per heavy atom. The molecule has 0 aliphatic carbocycles. The minimum absolute atomic E-state index is 0.0854. The van der Waals surface area contributed by atoms with Gasteiger partial charge in [-0.1, -0.05) is 0 Å². The third kappa shape index (κ3) is 3.17. The zero-order valence-electron chi connectivity index (χ0n) is 8.90. The molecule has 0 spiro atoms. The van der Waals surface area contributed by atoms with E-state index in [9.17, 15) is 9.59 Å². The van der Waals surface area contributed by atoms with Gasteiger partial charge in [-0.25, -0.2) is 0 Å². The summed E-state index contributed by atoms with van der Waals surface area (Å²) >= 11 is 0. The molecule has 1 amide bonds. The number of aliphatic carboxylic acids is 1. The summed E-state index contributed by atoms with van der Waals surface area (Å²) in [6.07, 6.45) is -0.0854. The minimum atomic E-state index is -0.918. The first kappa shape index (κ1) is 11.9. The average molecular weight is 216 g/mol. The minimum Gasteiger partial charge on any atom is -0.480 e. The SMILES string of the molecule is COC(C)CN1CC(=O)NCC1C(=O)O. The summed E-state index contributed by atoms with van der Waals surface area (Å²) in [6, 6.07) is -0.653. The predicted molar refractivity (Wildman–Crippen MR) is 52.5 cm³/mol. The van der Waals surface area contributed by atoms with Crippen molar-refractivity contribution in [2.75, 3.05) is 26.7 Å². The number of hydrogen-bond acceptors (Lipinski definition) is 4. The van der Waals surface area contributed by atoms with Crippen LogP contribution in [-0.4, -0.2) is 60.8 Å². The fraction of sp³-hybridized carbons (Fsp3) is 0.778. The molecule has 0 aromatic rings. The third-order valence-corrected chi connectivity index (χ3v) is 2.46. The van der Waals surface area contributed by atoms with Gasteiger partial charge in [0.2, 0.25) is 5.91 Å². The van der Waals surface area contributed by atoms with E-state index in [1.54, 1.807) is 12.0 Å². The van der Waals surface area contributed by atoms with E-state index in [-0.39, 0.29) is 25.1 Å². The second kappa shape index (κ2) is 5.09. The molecule has 1 rings (SSSR count). The lowest BCUT2D eigenvalue weighted by Gasteiger charge is -2.33. The molecule has 15 heavy (non-hydrogen) atoms. The topological polar surface area (TPSA) is 78.9 Å². The van der Waals surface area contributed by atoms with Crippen molar-refractivity contribution >= 4 is 11.9 Å². The molecule has 6 heteroatoms. The summed E-state index contributed by atoms with van der Waals surface area (Å²) in [7, 11) is 1.56. The number of amides is 1. The van der Waals surface area contributed by atoms with Crippen LogP contribution in [0.2, 0.25) is 0 Å². The van der Waals surface area contributed by atoms with Gasteiger partial charge in [0, 0.05) is 20.2 Å². The van der Waals surface area contributed by atoms with Crippen molar-refractivity contribution < 1.29 is 19.4 Å². The molecule has 86 valence electrons. The van der Waals surface area contributed by atoms with Crippen molar-refractivity contribution in [3.8, 4) is 0 Å². The summed E-state index contributed by atoms with van der Waals surface area (Å²) in [5, 5.41) is 11.5. The van der Waals surface area contributed by atoms with Gasteiger partial charge in [0.05, 0.1) is 12.6 Å². The summed E-state index contributed by atoms with van der Waals surface area (Å²) in [5.74, 6) is -1.06. The summed E-state index contributed by atoms with van der Waals surface area (Å²) in [5.41, 5.74) is 0. The molecule has 0 radical (unpaired) electrons. The number of carboxylic acids is 1. The van der Waals surface area contributed by atoms with Crippen molar-refractivity contribution in [1.82, 2.24) is 10.2 Å². The zero-order chi connectivity index (χ0) is 11.4. The first-order chi connectivity index (χ1) is 7.04. The highest BCUT2D eigenvalue weighted by Crippen LogP contribution is 2.06. The van der Waals surface area contributed by atoms with Gasteiger partial charge in [-0.2, -0.15) is 0 Å². The highest BCUT2D eigenvalue weighted by Gasteiger charge is 2.32. The second-order valence-corrected chi connectivity index (χ2v) is 3.63. The van der Waals surface area contributed by atoms with Crippen molar-refractivity contribution in [2.24, 2.45) is 0 Å². The smallest absolute Gasteiger partial charge is 0.322 e. The van der Waals surface area contributed by atoms with E-state index < -0.39 is 12.0 Å². The molecule has 2 unspecified atom stereocenters. The van der Waals surface area contributed by atoms with Gasteiger partial charge in [0.1, 0.15) is 6.04 Å². The summed E-state index contributed by atoms with van der Waals surface area (Å²) in [6.45, 7) is 2.56. The number of methoxy groups -OCH3 is 1. The predicted octanol–water partition coefficient (Wildman–Crippen LogP) is -1.09. The standard InChI is InChI=1S/C9H16N2O4/c1-6(15-2)4-11-5-8(12)10-3-7(11)9(13)14/h6-7H,3-5H2,1-2H3,(H,10,12)(H,13,14). The normalized spacial score (nSPS) is 24.7. The number of rotatable bonds is 4. The van der Waals surface area contributed by atoms with Crippen LogP contribution in [0.25, 0.3) is 0 Å². The van der Waals surface area contributed by atoms with Crippen LogP contribution >= 0.6 is 0 Å². The van der Waals surface area contributed by atoms with E-state index in [1.807, 2.05) is 6.92 Å². The highest BCUT2D eigenvalue weighted by molar-refractivity contribution is 5.83. The molecule has 1 aliphatic heterocycles. The Morgan fingerprint density at radius 3 is 3.00 bits per heavy atom. The largest absolute Gasteiger partial charge is 0.480 e. The molecule has 2 atom stereocenters. The number of nitrogens with zero attached hydrogens (tertiary/aromatic N) is 1. The number of ether oxygens (including phenoxy) is 1. The molecule has 0 aromatic carbocycles. The Hall–Kier alpha value is -1.14. The molecule has 6 nitrogen and oxygen atoms in total. The first-order valence-corrected chi connectivity index (χ1v) is 4.81. The monoisotopic (exact) mass is 216 g/mol. The van der Waals surface area contributed by atoms with Gasteiger partial charge in [-0.05, 0) is 6.92 Å². The lowest BCUT2D eigenvalue weighted by atomic mass is 10.1. The maximum Gasteiger partial charge on any atom is 0.322 e. The molecular formula is C9H16N2O4. The van der Waals surface area contributed by atoms with Crippen LogP contribution in [0.1, 0.15) is 6.92 Å². The van der Waals surface area contributed by atoms with Crippen LogP contribution in [-0.2, 0) is 14.3 Å². The highest BCUT2D eigenvalue weighted by atomic mass is 16.5. The number of carboxylic acid groups (broad SMARTS) is 1. The summed E-state index contributed by atoms with van der Waals surface area (Å²) < 4.78 is 5.05. The third-order valence-electron chi connectivity index (χ3n) is 2.46. The van der Waals surface area contributed by atoms with Crippen LogP contribution < -0.4 is 5.32 Å². The molecule has 0 aromatic heterocycles. The quantitative estimate of drug-likeness (QED) is 0.624. The van der Waals surface area contributed by atoms with Crippen molar-refractivity contribution in [1.29, 1.82) is 0 Å². The van der Waals surface area contributed by atoms with Gasteiger partial charge in [-0.3, -0.25) is 14.5 Å². The number of piperazine rings is 1. The molecule has 1 heterocycles. The molecule has 0 saturated carbocycles. The molecule has 1 fully saturated rings. The van der Waals surface area contributed by atoms with E-state index in [0.29, 0.717) is 6.54 Å². The number of hydrogen-bond donors (Lipinski definition) is 2. The van der Waals surface area contributed by atoms with Crippen molar-refractivity contribution in [3.05, 3.63) is 0 Å². The van der Waals surface area contributed by atoms with Crippen LogP contribution in [0.5, 0.6) is 0 Å². The number of carbonyl (C=O) groups excluding carboxylic acids is 1. The molecule has 1 saturated heterocycles. The van der Waals surface area contributed by atoms with Gasteiger partial charge in [0.15, 0.2) is 0 Å². The summed E-state index contributed by atoms with van der Waals surface area (Å²) in [4.78, 5) is 23.7. The van der Waals surface area contributed by atoms with E-state index in [1.165, 1.54) is 0 Å². The lowest BCUT2D eigenvalue weighted by molar-refractivity contribution is -0.146. The lowest BCUT2D eigenvalue weighted by Crippen LogP contribution is -2.58. The molecule has 2 N–H and O–H groups in total. The Morgan fingerprint density at radius 1 is 1.80 bits per heavy atom. The van der Waals surface area contributed by atoms with E-state index in [0.717, 1.165) is 0 Å². The molecule has 0 bridgehead atoms. The Labute approximate surface area is 88.2 Å². The van der Waals surface area contributed by atoms with Crippen LogP contribution in [0.15, 0.2) is 0 Å². The number of carbonyl (C=O) groups is 2. The van der Waals surface area contributed by atoms with E-state index >= 15 is 0 Å². The Kier molecular flexibility index (Phi) is 4.05. The fourth-order valence-corrected chi connectivity index (χ4v) is 1.53. The molecule has 1 aliphatic rings. The maximum absolute atomic E-state index is 11.1. The van der Waals surface area contributed by atoms with Gasteiger partial charge < -0.3 is 15.2 Å². The molecular weight excluding hydrogens is 200 g/mol. The van der Waals surface area contributed by atoms with Crippen molar-refractivity contribution in [2.45, 2.75) is 19.1 Å². The Bertz CT molecular complexity index is 256.